The van der Waals surface area contributed by atoms with Crippen LogP contribution in [-0.2, 0) is 19.1 Å². The molecule has 0 amide bonds. The molecule has 0 aliphatic carbocycles. The van der Waals surface area contributed by atoms with Crippen molar-refractivity contribution in [2.24, 2.45) is 4.99 Å². The molecule has 1 heterocycles. The van der Waals surface area contributed by atoms with Gasteiger partial charge in [-0.3, -0.25) is 4.99 Å². The van der Waals surface area contributed by atoms with Crippen molar-refractivity contribution < 1.29 is 13.2 Å². The van der Waals surface area contributed by atoms with Crippen molar-refractivity contribution in [1.29, 1.82) is 0 Å². The molecule has 0 atom stereocenters. The van der Waals surface area contributed by atoms with Gasteiger partial charge in [-0.2, -0.15) is 13.2 Å². The second-order valence-electron chi connectivity index (χ2n) is 5.54. The molecule has 0 fully saturated rings. The molecule has 2 aromatic rings. The Morgan fingerprint density at radius 3 is 2.36 bits per heavy atom. The highest BCUT2D eigenvalue weighted by atomic mass is 32.1. The number of hydrogen-bond donors (Lipinski definition) is 2. The molecule has 2 rings (SSSR count). The Morgan fingerprint density at radius 1 is 1.16 bits per heavy atom. The Bertz CT molecular complexity index is 720. The molecule has 0 aliphatic heterocycles. The maximum atomic E-state index is 12.5. The molecule has 0 bridgehead atoms. The molecule has 2 N–H and O–H groups in total. The summed E-state index contributed by atoms with van der Waals surface area (Å²) in [6, 6.07) is 5.10. The predicted octanol–water partition coefficient (Wildman–Crippen LogP) is 3.69. The fourth-order valence-electron chi connectivity index (χ4n) is 2.32. The summed E-state index contributed by atoms with van der Waals surface area (Å²) in [5, 5.41) is 7.35. The highest BCUT2D eigenvalue weighted by molar-refractivity contribution is 7.11. The molecular formula is C17H21F3N4S. The summed E-state index contributed by atoms with van der Waals surface area (Å²) in [6.45, 7) is 5.08. The van der Waals surface area contributed by atoms with Gasteiger partial charge in [-0.25, -0.2) is 4.98 Å². The van der Waals surface area contributed by atoms with Gasteiger partial charge >= 0.3 is 6.18 Å². The lowest BCUT2D eigenvalue weighted by molar-refractivity contribution is -0.137. The number of hydrogen-bond acceptors (Lipinski definition) is 3. The molecule has 0 saturated heterocycles. The predicted molar refractivity (Wildman–Crippen MR) is 94.9 cm³/mol. The zero-order valence-electron chi connectivity index (χ0n) is 14.4. The van der Waals surface area contributed by atoms with Gasteiger partial charge in [0.2, 0.25) is 0 Å². The Labute approximate surface area is 149 Å². The Morgan fingerprint density at radius 2 is 1.84 bits per heavy atom. The normalized spacial score (nSPS) is 12.3. The van der Waals surface area contributed by atoms with Gasteiger partial charge in [0.25, 0.3) is 0 Å². The summed E-state index contributed by atoms with van der Waals surface area (Å²) in [4.78, 5) is 9.75. The zero-order chi connectivity index (χ0) is 18.4. The van der Waals surface area contributed by atoms with Crippen LogP contribution in [0.25, 0.3) is 0 Å². The number of nitrogens with zero attached hydrogens (tertiary/aromatic N) is 2. The maximum Gasteiger partial charge on any atom is 0.416 e. The van der Waals surface area contributed by atoms with Crippen molar-refractivity contribution in [3.63, 3.8) is 0 Å². The quantitative estimate of drug-likeness (QED) is 0.623. The third kappa shape index (κ3) is 5.74. The van der Waals surface area contributed by atoms with Crippen LogP contribution in [0.2, 0.25) is 0 Å². The van der Waals surface area contributed by atoms with E-state index in [2.05, 4.69) is 20.6 Å². The van der Waals surface area contributed by atoms with E-state index in [-0.39, 0.29) is 0 Å². The minimum absolute atomic E-state index is 0.399. The standard InChI is InChI=1S/C17H21F3N4S/c1-11-15(25-12(2)24-11)8-9-22-16(21-3)23-10-13-4-6-14(7-5-13)17(18,19)20/h4-7H,8-10H2,1-3H3,(H2,21,22,23). The van der Waals surface area contributed by atoms with E-state index in [1.165, 1.54) is 17.0 Å². The monoisotopic (exact) mass is 370 g/mol. The molecule has 136 valence electrons. The smallest absolute Gasteiger partial charge is 0.356 e. The summed E-state index contributed by atoms with van der Waals surface area (Å²) < 4.78 is 37.6. The number of aliphatic imine (C=N–C) groups is 1. The molecule has 0 radical (unpaired) electrons. The van der Waals surface area contributed by atoms with E-state index in [1.54, 1.807) is 18.4 Å². The average Bonchev–Trinajstić information content (AvgIpc) is 2.88. The minimum atomic E-state index is -4.31. The number of benzene rings is 1. The highest BCUT2D eigenvalue weighted by Crippen LogP contribution is 2.29. The Kier molecular flexibility index (Phi) is 6.41. The SMILES string of the molecule is CN=C(NCCc1sc(C)nc1C)NCc1ccc(C(F)(F)F)cc1. The van der Waals surface area contributed by atoms with E-state index >= 15 is 0 Å². The van der Waals surface area contributed by atoms with Crippen LogP contribution in [0.5, 0.6) is 0 Å². The first kappa shape index (κ1) is 19.2. The molecule has 1 aromatic heterocycles. The lowest BCUT2D eigenvalue weighted by Gasteiger charge is -2.12. The summed E-state index contributed by atoms with van der Waals surface area (Å²) in [5.74, 6) is 0.610. The first-order valence-corrected chi connectivity index (χ1v) is 8.65. The van der Waals surface area contributed by atoms with Crippen molar-refractivity contribution in [2.45, 2.75) is 33.0 Å². The molecule has 8 heteroatoms. The molecule has 0 unspecified atom stereocenters. The second kappa shape index (κ2) is 8.33. The van der Waals surface area contributed by atoms with Gasteiger partial charge in [0.1, 0.15) is 0 Å². The van der Waals surface area contributed by atoms with Gasteiger partial charge in [-0.05, 0) is 31.5 Å². The number of alkyl halides is 3. The molecule has 0 spiro atoms. The number of aromatic nitrogens is 1. The van der Waals surface area contributed by atoms with Crippen LogP contribution >= 0.6 is 11.3 Å². The number of thiazole rings is 1. The maximum absolute atomic E-state index is 12.5. The third-order valence-electron chi connectivity index (χ3n) is 3.61. The third-order valence-corrected chi connectivity index (χ3v) is 4.74. The van der Waals surface area contributed by atoms with E-state index in [1.807, 2.05) is 13.8 Å². The number of aryl methyl sites for hydroxylation is 2. The lowest BCUT2D eigenvalue weighted by atomic mass is 10.1. The second-order valence-corrected chi connectivity index (χ2v) is 6.83. The minimum Gasteiger partial charge on any atom is -0.356 e. The number of halogens is 3. The van der Waals surface area contributed by atoms with Gasteiger partial charge in [0, 0.05) is 31.4 Å². The fourth-order valence-corrected chi connectivity index (χ4v) is 3.25. The topological polar surface area (TPSA) is 49.3 Å². The molecule has 0 saturated carbocycles. The van der Waals surface area contributed by atoms with Crippen LogP contribution in [0.4, 0.5) is 13.2 Å². The molecule has 25 heavy (non-hydrogen) atoms. The number of rotatable bonds is 5. The lowest BCUT2D eigenvalue weighted by Crippen LogP contribution is -2.37. The number of guanidine groups is 1. The molecular weight excluding hydrogens is 349 g/mol. The first-order chi connectivity index (χ1) is 11.8. The van der Waals surface area contributed by atoms with E-state index in [9.17, 15) is 13.2 Å². The first-order valence-electron chi connectivity index (χ1n) is 7.83. The Balaban J connectivity index is 1.81. The van der Waals surface area contributed by atoms with Crippen LogP contribution < -0.4 is 10.6 Å². The van der Waals surface area contributed by atoms with Crippen LogP contribution in [0.1, 0.15) is 26.7 Å². The van der Waals surface area contributed by atoms with Crippen LogP contribution in [-0.4, -0.2) is 24.5 Å². The van der Waals surface area contributed by atoms with E-state index < -0.39 is 11.7 Å². The van der Waals surface area contributed by atoms with Crippen molar-refractivity contribution in [3.8, 4) is 0 Å². The van der Waals surface area contributed by atoms with Gasteiger partial charge in [-0.1, -0.05) is 12.1 Å². The molecule has 1 aromatic carbocycles. The van der Waals surface area contributed by atoms with Crippen LogP contribution in [0, 0.1) is 13.8 Å². The van der Waals surface area contributed by atoms with Crippen LogP contribution in [0.15, 0.2) is 29.3 Å². The average molecular weight is 370 g/mol. The largest absolute Gasteiger partial charge is 0.416 e. The van der Waals surface area contributed by atoms with E-state index in [0.29, 0.717) is 19.0 Å². The summed E-state index contributed by atoms with van der Waals surface area (Å²) in [6.07, 6.45) is -3.46. The summed E-state index contributed by atoms with van der Waals surface area (Å²) >= 11 is 1.68. The summed E-state index contributed by atoms with van der Waals surface area (Å²) in [5.41, 5.74) is 1.16. The summed E-state index contributed by atoms with van der Waals surface area (Å²) in [7, 11) is 1.66. The van der Waals surface area contributed by atoms with Crippen molar-refractivity contribution in [2.75, 3.05) is 13.6 Å². The Hall–Kier alpha value is -2.09. The fraction of sp³-hybridized carbons (Fsp3) is 0.412. The number of nitrogens with one attached hydrogen (secondary N) is 2. The van der Waals surface area contributed by atoms with Gasteiger partial charge in [-0.15, -0.1) is 11.3 Å². The van der Waals surface area contributed by atoms with Crippen molar-refractivity contribution >= 4 is 17.3 Å². The van der Waals surface area contributed by atoms with Crippen molar-refractivity contribution in [3.05, 3.63) is 51.0 Å². The van der Waals surface area contributed by atoms with Gasteiger partial charge < -0.3 is 10.6 Å². The van der Waals surface area contributed by atoms with Crippen LogP contribution in [0.3, 0.4) is 0 Å². The van der Waals surface area contributed by atoms with Crippen molar-refractivity contribution in [1.82, 2.24) is 15.6 Å². The zero-order valence-corrected chi connectivity index (χ0v) is 15.2. The molecule has 4 nitrogen and oxygen atoms in total. The van der Waals surface area contributed by atoms with Gasteiger partial charge in [0.15, 0.2) is 5.96 Å². The van der Waals surface area contributed by atoms with Gasteiger partial charge in [0.05, 0.1) is 16.3 Å². The highest BCUT2D eigenvalue weighted by Gasteiger charge is 2.29. The molecule has 0 aliphatic rings. The van der Waals surface area contributed by atoms with E-state index in [4.69, 9.17) is 0 Å². The van der Waals surface area contributed by atoms with E-state index in [0.717, 1.165) is 34.8 Å².